The van der Waals surface area contributed by atoms with Crippen molar-refractivity contribution in [2.75, 3.05) is 13.2 Å². The number of aliphatic hydroxyl groups is 1. The van der Waals surface area contributed by atoms with Crippen LogP contribution in [0.1, 0.15) is 17.8 Å². The normalized spacial score (nSPS) is 14.7. The number of halogens is 4. The summed E-state index contributed by atoms with van der Waals surface area (Å²) in [6.45, 7) is -3.19. The minimum absolute atomic E-state index is 0.0893. The van der Waals surface area contributed by atoms with E-state index < -0.39 is 24.9 Å². The van der Waals surface area contributed by atoms with Crippen molar-refractivity contribution in [3.63, 3.8) is 0 Å². The molecule has 3 rings (SSSR count). The van der Waals surface area contributed by atoms with Crippen molar-refractivity contribution < 1.29 is 23.1 Å². The number of hydrogen-bond acceptors (Lipinski definition) is 2. The molecule has 0 saturated carbocycles. The topological polar surface area (TPSA) is 45.5 Å². The van der Waals surface area contributed by atoms with E-state index in [2.05, 4.69) is 15.9 Å². The lowest BCUT2D eigenvalue weighted by molar-refractivity contribution is -0.135. The fraction of sp³-hybridized carbons (Fsp3) is 0.357. The van der Waals surface area contributed by atoms with Crippen LogP contribution in [0.3, 0.4) is 0 Å². The van der Waals surface area contributed by atoms with Gasteiger partial charge in [-0.15, -0.1) is 0 Å². The summed E-state index contributed by atoms with van der Waals surface area (Å²) in [6.07, 6.45) is 0.192. The first-order valence-electron chi connectivity index (χ1n) is 6.62. The third kappa shape index (κ3) is 2.21. The van der Waals surface area contributed by atoms with E-state index in [-0.39, 0.29) is 29.5 Å². The van der Waals surface area contributed by atoms with Crippen molar-refractivity contribution in [3.8, 4) is 0 Å². The van der Waals surface area contributed by atoms with Crippen LogP contribution in [0.25, 0.3) is 10.9 Å². The van der Waals surface area contributed by atoms with Crippen LogP contribution >= 0.6 is 15.9 Å². The zero-order chi connectivity index (χ0) is 16.0. The van der Waals surface area contributed by atoms with Gasteiger partial charge in [-0.05, 0) is 22.0 Å². The van der Waals surface area contributed by atoms with E-state index in [0.29, 0.717) is 21.2 Å². The fourth-order valence-electron chi connectivity index (χ4n) is 2.94. The fourth-order valence-corrected chi connectivity index (χ4v) is 3.26. The van der Waals surface area contributed by atoms with Gasteiger partial charge in [0.05, 0.1) is 9.99 Å². The molecule has 22 heavy (non-hydrogen) atoms. The summed E-state index contributed by atoms with van der Waals surface area (Å²) in [5.74, 6) is -1.21. The molecule has 0 fully saturated rings. The molecule has 1 N–H and O–H groups in total. The molecule has 2 heterocycles. The van der Waals surface area contributed by atoms with Gasteiger partial charge in [-0.25, -0.2) is 4.39 Å². The molecule has 0 spiro atoms. The third-order valence-electron chi connectivity index (χ3n) is 3.92. The summed E-state index contributed by atoms with van der Waals surface area (Å²) >= 11 is 3.01. The zero-order valence-corrected chi connectivity index (χ0v) is 12.9. The molecule has 1 aliphatic rings. The molecule has 0 atom stereocenters. The number of carbonyl (C=O) groups excluding carboxylic acids is 1. The van der Waals surface area contributed by atoms with Gasteiger partial charge in [0.25, 0.3) is 0 Å². The second kappa shape index (κ2) is 5.58. The molecule has 1 aromatic heterocycles. The first kappa shape index (κ1) is 15.4. The largest absolute Gasteiger partial charge is 0.387 e. The van der Waals surface area contributed by atoms with Crippen LogP contribution < -0.4 is 0 Å². The van der Waals surface area contributed by atoms with Gasteiger partial charge in [0, 0.05) is 36.2 Å². The number of aliphatic hydroxyl groups excluding tert-OH is 1. The Morgan fingerprint density at radius 3 is 2.77 bits per heavy atom. The molecule has 8 heteroatoms. The Hall–Kier alpha value is -1.54. The van der Waals surface area contributed by atoms with Gasteiger partial charge >= 0.3 is 6.55 Å². The summed E-state index contributed by atoms with van der Waals surface area (Å²) in [4.78, 5) is 13.0. The highest BCUT2D eigenvalue weighted by molar-refractivity contribution is 9.10. The monoisotopic (exact) mass is 376 g/mol. The minimum Gasteiger partial charge on any atom is -0.387 e. The summed E-state index contributed by atoms with van der Waals surface area (Å²) < 4.78 is 41.9. The number of aromatic nitrogens is 1. The predicted molar refractivity (Wildman–Crippen MR) is 77.1 cm³/mol. The molecule has 1 aromatic carbocycles. The van der Waals surface area contributed by atoms with E-state index in [9.17, 15) is 18.0 Å². The van der Waals surface area contributed by atoms with Crippen LogP contribution in [0.4, 0.5) is 13.2 Å². The van der Waals surface area contributed by atoms with Crippen LogP contribution in [-0.2, 0) is 17.8 Å². The van der Waals surface area contributed by atoms with E-state index in [4.69, 9.17) is 5.11 Å². The maximum Gasteiger partial charge on any atom is 0.319 e. The highest BCUT2D eigenvalue weighted by Gasteiger charge is 2.30. The number of rotatable bonds is 2. The Morgan fingerprint density at radius 1 is 1.41 bits per heavy atom. The SMILES string of the molecule is O=C(CO)N1CCc2c(c3ccc(Br)c(F)c3n2C(F)F)C1. The van der Waals surface area contributed by atoms with Crippen LogP contribution in [0, 0.1) is 5.82 Å². The van der Waals surface area contributed by atoms with Gasteiger partial charge < -0.3 is 10.0 Å². The molecule has 0 aliphatic carbocycles. The first-order chi connectivity index (χ1) is 10.5. The predicted octanol–water partition coefficient (Wildman–Crippen LogP) is 2.82. The number of alkyl halides is 2. The summed E-state index contributed by atoms with van der Waals surface area (Å²) in [7, 11) is 0. The summed E-state index contributed by atoms with van der Waals surface area (Å²) in [6, 6.07) is 3.02. The lowest BCUT2D eigenvalue weighted by Crippen LogP contribution is -2.37. The Kier molecular flexibility index (Phi) is 3.90. The van der Waals surface area contributed by atoms with Crippen molar-refractivity contribution >= 4 is 32.7 Å². The van der Waals surface area contributed by atoms with Crippen molar-refractivity contribution in [1.82, 2.24) is 9.47 Å². The number of fused-ring (bicyclic) bond motifs is 3. The van der Waals surface area contributed by atoms with E-state index in [0.717, 1.165) is 0 Å². The molecular weight excluding hydrogens is 365 g/mol. The lowest BCUT2D eigenvalue weighted by atomic mass is 10.0. The Bertz CT molecular complexity index is 760. The molecule has 1 amide bonds. The smallest absolute Gasteiger partial charge is 0.319 e. The molecule has 1 aliphatic heterocycles. The summed E-state index contributed by atoms with van der Waals surface area (Å²) in [5, 5.41) is 9.31. The molecule has 0 bridgehead atoms. The molecule has 2 aromatic rings. The Labute approximate surface area is 132 Å². The highest BCUT2D eigenvalue weighted by atomic mass is 79.9. The number of nitrogens with zero attached hydrogens (tertiary/aromatic N) is 2. The molecule has 0 unspecified atom stereocenters. The zero-order valence-electron chi connectivity index (χ0n) is 11.3. The number of carbonyl (C=O) groups is 1. The second-order valence-electron chi connectivity index (χ2n) is 5.05. The van der Waals surface area contributed by atoms with Crippen LogP contribution in [-0.4, -0.2) is 33.6 Å². The van der Waals surface area contributed by atoms with Gasteiger partial charge in [0.2, 0.25) is 5.91 Å². The molecule has 0 radical (unpaired) electrons. The quantitative estimate of drug-likeness (QED) is 0.875. The highest BCUT2D eigenvalue weighted by Crippen LogP contribution is 2.37. The average molecular weight is 377 g/mol. The number of benzene rings is 1. The van der Waals surface area contributed by atoms with Gasteiger partial charge in [-0.1, -0.05) is 6.07 Å². The van der Waals surface area contributed by atoms with Gasteiger partial charge in [-0.3, -0.25) is 9.36 Å². The van der Waals surface area contributed by atoms with Gasteiger partial charge in [-0.2, -0.15) is 8.78 Å². The van der Waals surface area contributed by atoms with Crippen LogP contribution in [0.2, 0.25) is 0 Å². The Balaban J connectivity index is 2.23. The van der Waals surface area contributed by atoms with Gasteiger partial charge in [0.15, 0.2) is 5.82 Å². The van der Waals surface area contributed by atoms with Gasteiger partial charge in [0.1, 0.15) is 6.61 Å². The molecule has 0 saturated heterocycles. The van der Waals surface area contributed by atoms with Crippen molar-refractivity contribution in [1.29, 1.82) is 0 Å². The minimum atomic E-state index is -2.87. The maximum atomic E-state index is 14.3. The molecular formula is C14H12BrF3N2O2. The maximum absolute atomic E-state index is 14.3. The van der Waals surface area contributed by atoms with E-state index in [1.807, 2.05) is 0 Å². The number of hydrogen-bond donors (Lipinski definition) is 1. The van der Waals surface area contributed by atoms with Crippen LogP contribution in [0.5, 0.6) is 0 Å². The lowest BCUT2D eigenvalue weighted by Gasteiger charge is -2.27. The van der Waals surface area contributed by atoms with E-state index in [1.54, 1.807) is 6.07 Å². The van der Waals surface area contributed by atoms with Crippen molar-refractivity contribution in [2.24, 2.45) is 0 Å². The summed E-state index contributed by atoms with van der Waals surface area (Å²) in [5.41, 5.74) is 0.686. The standard InChI is InChI=1S/C14H12BrF3N2O2/c15-9-2-1-7-8-5-19(11(22)6-21)4-3-10(8)20(14(17)18)13(7)12(9)16/h1-2,14,21H,3-6H2. The van der Waals surface area contributed by atoms with Crippen molar-refractivity contribution in [2.45, 2.75) is 19.5 Å². The molecule has 118 valence electrons. The molecule has 4 nitrogen and oxygen atoms in total. The second-order valence-corrected chi connectivity index (χ2v) is 5.91. The van der Waals surface area contributed by atoms with Crippen LogP contribution in [0.15, 0.2) is 16.6 Å². The van der Waals surface area contributed by atoms with Crippen molar-refractivity contribution in [3.05, 3.63) is 33.7 Å². The Morgan fingerprint density at radius 2 is 2.14 bits per heavy atom. The number of amides is 1. The average Bonchev–Trinajstić information content (AvgIpc) is 2.84. The third-order valence-corrected chi connectivity index (χ3v) is 4.54. The first-order valence-corrected chi connectivity index (χ1v) is 7.41. The van der Waals surface area contributed by atoms with E-state index >= 15 is 0 Å². The van der Waals surface area contributed by atoms with E-state index in [1.165, 1.54) is 11.0 Å².